The molecule has 0 radical (unpaired) electrons. The zero-order valence-corrected chi connectivity index (χ0v) is 12.1. The van der Waals surface area contributed by atoms with Crippen LogP contribution in [0, 0.1) is 0 Å². The first kappa shape index (κ1) is 13.9. The van der Waals surface area contributed by atoms with Crippen LogP contribution in [-0.4, -0.2) is 21.5 Å². The predicted octanol–water partition coefficient (Wildman–Crippen LogP) is 3.80. The van der Waals surface area contributed by atoms with Crippen LogP contribution in [0.3, 0.4) is 0 Å². The minimum Gasteiger partial charge on any atom is -0.366 e. The molecule has 2 heterocycles. The monoisotopic (exact) mass is 288 g/mol. The molecule has 2 aromatic heterocycles. The van der Waals surface area contributed by atoms with E-state index in [1.807, 2.05) is 48.5 Å². The number of hydrogen-bond donors (Lipinski definition) is 1. The Labute approximate surface area is 129 Å². The van der Waals surface area contributed by atoms with Gasteiger partial charge in [0.15, 0.2) is 5.82 Å². The Morgan fingerprint density at radius 2 is 1.73 bits per heavy atom. The highest BCUT2D eigenvalue weighted by atomic mass is 15.0. The van der Waals surface area contributed by atoms with E-state index in [0.717, 1.165) is 22.6 Å². The second kappa shape index (κ2) is 6.63. The van der Waals surface area contributed by atoms with E-state index in [-0.39, 0.29) is 0 Å². The summed E-state index contributed by atoms with van der Waals surface area (Å²) in [5.41, 5.74) is 2.88. The summed E-state index contributed by atoms with van der Waals surface area (Å²) in [5, 5.41) is 3.23. The predicted molar refractivity (Wildman–Crippen MR) is 89.4 cm³/mol. The van der Waals surface area contributed by atoms with Crippen molar-refractivity contribution < 1.29 is 0 Å². The number of aromatic nitrogens is 3. The smallest absolute Gasteiger partial charge is 0.162 e. The van der Waals surface area contributed by atoms with E-state index in [9.17, 15) is 0 Å². The van der Waals surface area contributed by atoms with Crippen molar-refractivity contribution in [2.75, 3.05) is 11.9 Å². The summed E-state index contributed by atoms with van der Waals surface area (Å²) in [4.78, 5) is 13.3. The lowest BCUT2D eigenvalue weighted by molar-refractivity contribution is 1.15. The summed E-state index contributed by atoms with van der Waals surface area (Å²) in [6.45, 7) is 4.38. The number of rotatable bonds is 5. The standard InChI is InChI=1S/C18H16N4/c1-2-10-20-17-13-16(14-6-4-3-5-7-14)21-18(22-17)15-8-11-19-12-9-15/h2-9,11-13H,1,10H2,(H,20,21,22). The van der Waals surface area contributed by atoms with Crippen molar-refractivity contribution in [2.24, 2.45) is 0 Å². The first-order chi connectivity index (χ1) is 10.9. The zero-order chi connectivity index (χ0) is 15.2. The third kappa shape index (κ3) is 3.17. The van der Waals surface area contributed by atoms with E-state index in [1.54, 1.807) is 18.5 Å². The van der Waals surface area contributed by atoms with Gasteiger partial charge in [-0.15, -0.1) is 6.58 Å². The topological polar surface area (TPSA) is 50.7 Å². The van der Waals surface area contributed by atoms with Crippen LogP contribution in [0.5, 0.6) is 0 Å². The van der Waals surface area contributed by atoms with Gasteiger partial charge in [0.1, 0.15) is 5.82 Å². The third-order valence-corrected chi connectivity index (χ3v) is 3.16. The van der Waals surface area contributed by atoms with Crippen molar-refractivity contribution >= 4 is 5.82 Å². The molecule has 22 heavy (non-hydrogen) atoms. The molecule has 0 aliphatic carbocycles. The van der Waals surface area contributed by atoms with E-state index in [2.05, 4.69) is 26.8 Å². The molecule has 0 amide bonds. The van der Waals surface area contributed by atoms with Gasteiger partial charge < -0.3 is 5.32 Å². The van der Waals surface area contributed by atoms with E-state index in [0.29, 0.717) is 12.4 Å². The summed E-state index contributed by atoms with van der Waals surface area (Å²) >= 11 is 0. The molecular formula is C18H16N4. The largest absolute Gasteiger partial charge is 0.366 e. The molecule has 0 fully saturated rings. The van der Waals surface area contributed by atoms with Crippen molar-refractivity contribution in [3.63, 3.8) is 0 Å². The second-order valence-corrected chi connectivity index (χ2v) is 4.73. The fraction of sp³-hybridized carbons (Fsp3) is 0.0556. The average molecular weight is 288 g/mol. The first-order valence-electron chi connectivity index (χ1n) is 7.06. The van der Waals surface area contributed by atoms with Crippen molar-refractivity contribution in [1.82, 2.24) is 15.0 Å². The molecule has 0 spiro atoms. The van der Waals surface area contributed by atoms with E-state index in [4.69, 9.17) is 0 Å². The van der Waals surface area contributed by atoms with Crippen LogP contribution in [0.4, 0.5) is 5.82 Å². The maximum absolute atomic E-state index is 4.68. The number of pyridine rings is 1. The lowest BCUT2D eigenvalue weighted by Crippen LogP contribution is -2.03. The van der Waals surface area contributed by atoms with Gasteiger partial charge in [0.05, 0.1) is 5.69 Å². The number of hydrogen-bond acceptors (Lipinski definition) is 4. The first-order valence-corrected chi connectivity index (χ1v) is 7.06. The maximum atomic E-state index is 4.68. The number of nitrogens with zero attached hydrogens (tertiary/aromatic N) is 3. The van der Waals surface area contributed by atoms with Crippen molar-refractivity contribution in [1.29, 1.82) is 0 Å². The third-order valence-electron chi connectivity index (χ3n) is 3.16. The summed E-state index contributed by atoms with van der Waals surface area (Å²) in [6.07, 6.45) is 5.28. The Kier molecular flexibility index (Phi) is 4.20. The molecule has 0 saturated carbocycles. The van der Waals surface area contributed by atoms with Crippen LogP contribution >= 0.6 is 0 Å². The fourth-order valence-electron chi connectivity index (χ4n) is 2.10. The molecule has 0 aliphatic heterocycles. The molecule has 3 rings (SSSR count). The van der Waals surface area contributed by atoms with Gasteiger partial charge in [-0.1, -0.05) is 36.4 Å². The Morgan fingerprint density at radius 3 is 2.45 bits per heavy atom. The van der Waals surface area contributed by atoms with Crippen LogP contribution < -0.4 is 5.32 Å². The summed E-state index contributed by atoms with van der Waals surface area (Å²) < 4.78 is 0. The number of nitrogens with one attached hydrogen (secondary N) is 1. The van der Waals surface area contributed by atoms with Crippen molar-refractivity contribution in [2.45, 2.75) is 0 Å². The Morgan fingerprint density at radius 1 is 0.955 bits per heavy atom. The molecule has 0 aliphatic rings. The van der Waals surface area contributed by atoms with E-state index < -0.39 is 0 Å². The van der Waals surface area contributed by atoms with Crippen LogP contribution in [-0.2, 0) is 0 Å². The minimum absolute atomic E-state index is 0.654. The molecule has 1 aromatic carbocycles. The number of anilines is 1. The highest BCUT2D eigenvalue weighted by molar-refractivity contribution is 5.67. The quantitative estimate of drug-likeness (QED) is 0.725. The fourth-order valence-corrected chi connectivity index (χ4v) is 2.10. The normalized spacial score (nSPS) is 10.2. The number of benzene rings is 1. The lowest BCUT2D eigenvalue weighted by Gasteiger charge is -2.09. The Hall–Kier alpha value is -3.01. The van der Waals surface area contributed by atoms with Crippen LogP contribution in [0.15, 0.2) is 73.6 Å². The molecule has 0 bridgehead atoms. The lowest BCUT2D eigenvalue weighted by atomic mass is 10.1. The molecule has 0 atom stereocenters. The maximum Gasteiger partial charge on any atom is 0.162 e. The Bertz CT molecular complexity index is 697. The average Bonchev–Trinajstić information content (AvgIpc) is 2.61. The van der Waals surface area contributed by atoms with Crippen molar-refractivity contribution in [3.8, 4) is 22.6 Å². The van der Waals surface area contributed by atoms with Gasteiger partial charge in [0, 0.05) is 36.1 Å². The molecule has 0 saturated heterocycles. The van der Waals surface area contributed by atoms with Gasteiger partial charge >= 0.3 is 0 Å². The van der Waals surface area contributed by atoms with Gasteiger partial charge in [-0.05, 0) is 12.1 Å². The summed E-state index contributed by atoms with van der Waals surface area (Å²) in [5.74, 6) is 1.45. The van der Waals surface area contributed by atoms with Crippen molar-refractivity contribution in [3.05, 3.63) is 73.6 Å². The van der Waals surface area contributed by atoms with Gasteiger partial charge in [-0.25, -0.2) is 9.97 Å². The van der Waals surface area contributed by atoms with Gasteiger partial charge in [-0.2, -0.15) is 0 Å². The van der Waals surface area contributed by atoms with Gasteiger partial charge in [-0.3, -0.25) is 4.98 Å². The molecule has 4 heteroatoms. The van der Waals surface area contributed by atoms with Gasteiger partial charge in [0.2, 0.25) is 0 Å². The molecule has 3 aromatic rings. The van der Waals surface area contributed by atoms with Crippen LogP contribution in [0.2, 0.25) is 0 Å². The van der Waals surface area contributed by atoms with Gasteiger partial charge in [0.25, 0.3) is 0 Å². The summed E-state index contributed by atoms with van der Waals surface area (Å²) in [6, 6.07) is 15.8. The molecular weight excluding hydrogens is 272 g/mol. The molecule has 108 valence electrons. The Balaban J connectivity index is 2.08. The summed E-state index contributed by atoms with van der Waals surface area (Å²) in [7, 11) is 0. The van der Waals surface area contributed by atoms with Crippen LogP contribution in [0.25, 0.3) is 22.6 Å². The molecule has 4 nitrogen and oxygen atoms in total. The highest BCUT2D eigenvalue weighted by Gasteiger charge is 2.08. The minimum atomic E-state index is 0.654. The van der Waals surface area contributed by atoms with E-state index >= 15 is 0 Å². The molecule has 1 N–H and O–H groups in total. The second-order valence-electron chi connectivity index (χ2n) is 4.73. The zero-order valence-electron chi connectivity index (χ0n) is 12.1. The molecule has 0 unspecified atom stereocenters. The highest BCUT2D eigenvalue weighted by Crippen LogP contribution is 2.23. The van der Waals surface area contributed by atoms with E-state index in [1.165, 1.54) is 0 Å². The SMILES string of the molecule is C=CCNc1cc(-c2ccccc2)nc(-c2ccncc2)n1. The van der Waals surface area contributed by atoms with Crippen LogP contribution in [0.1, 0.15) is 0 Å².